The van der Waals surface area contributed by atoms with E-state index in [2.05, 4.69) is 0 Å². The zero-order valence-electron chi connectivity index (χ0n) is 20.7. The first-order valence-corrected chi connectivity index (χ1v) is 11.3. The van der Waals surface area contributed by atoms with Crippen LogP contribution in [0.5, 0.6) is 11.5 Å². The van der Waals surface area contributed by atoms with Gasteiger partial charge in [0, 0.05) is 0 Å². The van der Waals surface area contributed by atoms with Crippen LogP contribution in [0, 0.1) is 13.8 Å². The molecular weight excluding hydrogens is 488 g/mol. The molecule has 2 rings (SSSR count). The van der Waals surface area contributed by atoms with E-state index in [0.717, 1.165) is 16.0 Å². The summed E-state index contributed by atoms with van der Waals surface area (Å²) in [6.07, 6.45) is 0. The number of hydrogen-bond acceptors (Lipinski definition) is 8. The molecule has 4 N–H and O–H groups in total. The SMILES string of the molecule is Cc1ccc(N(CC(=O)O)CC(=O)O)c(OCCOc2cc(C)ccc2N(CC(=O)O)C(C)C(=O)O)c1. The lowest BCUT2D eigenvalue weighted by atomic mass is 10.1. The summed E-state index contributed by atoms with van der Waals surface area (Å²) in [5, 5.41) is 37.1. The number of carboxylic acids is 4. The minimum Gasteiger partial charge on any atom is -0.488 e. The minimum absolute atomic E-state index is 0.0226. The second-order valence-electron chi connectivity index (χ2n) is 8.32. The Balaban J connectivity index is 2.23. The molecule has 0 spiro atoms. The highest BCUT2D eigenvalue weighted by Crippen LogP contribution is 2.32. The molecule has 0 saturated carbocycles. The lowest BCUT2D eigenvalue weighted by molar-refractivity contribution is -0.139. The summed E-state index contributed by atoms with van der Waals surface area (Å²) in [6, 6.07) is 8.73. The van der Waals surface area contributed by atoms with Gasteiger partial charge in [0.25, 0.3) is 0 Å². The Morgan fingerprint density at radius 2 is 1.16 bits per heavy atom. The Labute approximate surface area is 213 Å². The zero-order chi connectivity index (χ0) is 27.7. The summed E-state index contributed by atoms with van der Waals surface area (Å²) in [5.41, 5.74) is 2.18. The Morgan fingerprint density at radius 1 is 0.730 bits per heavy atom. The third-order valence-corrected chi connectivity index (χ3v) is 5.26. The van der Waals surface area contributed by atoms with E-state index in [-0.39, 0.29) is 36.1 Å². The molecule has 0 heterocycles. The number of aliphatic carboxylic acids is 4. The van der Waals surface area contributed by atoms with Gasteiger partial charge in [0.2, 0.25) is 0 Å². The number of nitrogens with zero attached hydrogens (tertiary/aromatic N) is 2. The molecule has 1 unspecified atom stereocenters. The molecule has 0 aromatic heterocycles. The van der Waals surface area contributed by atoms with Crippen LogP contribution in [0.4, 0.5) is 11.4 Å². The lowest BCUT2D eigenvalue weighted by Gasteiger charge is -2.29. The van der Waals surface area contributed by atoms with E-state index in [1.165, 1.54) is 11.8 Å². The molecule has 0 aliphatic heterocycles. The highest BCUT2D eigenvalue weighted by atomic mass is 16.5. The van der Waals surface area contributed by atoms with Gasteiger partial charge in [-0.3, -0.25) is 14.4 Å². The van der Waals surface area contributed by atoms with Crippen LogP contribution >= 0.6 is 0 Å². The Morgan fingerprint density at radius 3 is 1.59 bits per heavy atom. The molecule has 0 aliphatic carbocycles. The van der Waals surface area contributed by atoms with Crippen LogP contribution in [0.3, 0.4) is 0 Å². The second-order valence-corrected chi connectivity index (χ2v) is 8.32. The summed E-state index contributed by atoms with van der Waals surface area (Å²) in [5.74, 6) is -4.28. The average Bonchev–Trinajstić information content (AvgIpc) is 2.79. The zero-order valence-corrected chi connectivity index (χ0v) is 20.7. The fraction of sp³-hybridized carbons (Fsp3) is 0.360. The van der Waals surface area contributed by atoms with Crippen molar-refractivity contribution in [3.8, 4) is 11.5 Å². The fourth-order valence-corrected chi connectivity index (χ4v) is 3.54. The largest absolute Gasteiger partial charge is 0.488 e. The van der Waals surface area contributed by atoms with Gasteiger partial charge in [-0.2, -0.15) is 0 Å². The summed E-state index contributed by atoms with van der Waals surface area (Å²) < 4.78 is 11.6. The molecule has 0 amide bonds. The minimum atomic E-state index is -1.21. The summed E-state index contributed by atoms with van der Waals surface area (Å²) in [4.78, 5) is 47.8. The number of carbonyl (C=O) groups is 4. The van der Waals surface area contributed by atoms with E-state index in [9.17, 15) is 39.6 Å². The summed E-state index contributed by atoms with van der Waals surface area (Å²) in [7, 11) is 0. The van der Waals surface area contributed by atoms with Gasteiger partial charge in [-0.15, -0.1) is 0 Å². The molecule has 37 heavy (non-hydrogen) atoms. The molecule has 0 fully saturated rings. The number of hydrogen-bond donors (Lipinski definition) is 4. The molecule has 12 heteroatoms. The third-order valence-electron chi connectivity index (χ3n) is 5.26. The molecule has 2 aromatic carbocycles. The van der Waals surface area contributed by atoms with Crippen molar-refractivity contribution in [1.29, 1.82) is 0 Å². The van der Waals surface area contributed by atoms with E-state index >= 15 is 0 Å². The van der Waals surface area contributed by atoms with Crippen LogP contribution in [0.1, 0.15) is 18.1 Å². The van der Waals surface area contributed by atoms with Crippen LogP contribution < -0.4 is 19.3 Å². The van der Waals surface area contributed by atoms with E-state index in [4.69, 9.17) is 9.47 Å². The molecule has 200 valence electrons. The van der Waals surface area contributed by atoms with Gasteiger partial charge in [-0.1, -0.05) is 12.1 Å². The number of carboxylic acid groups (broad SMARTS) is 4. The van der Waals surface area contributed by atoms with Crippen molar-refractivity contribution >= 4 is 35.3 Å². The topological polar surface area (TPSA) is 174 Å². The predicted molar refractivity (Wildman–Crippen MR) is 133 cm³/mol. The standard InChI is InChI=1S/C25H30N2O10/c1-15-4-6-18(26(12-22(28)29)13-23(30)31)20(10-15)36-8-9-37-21-11-16(2)5-7-19(21)27(14-24(32)33)17(3)25(34)35/h4-7,10-11,17H,8-9,12-14H2,1-3H3,(H,28,29)(H,30,31)(H,32,33)(H,34,35). The fourth-order valence-electron chi connectivity index (χ4n) is 3.54. The monoisotopic (exact) mass is 518 g/mol. The number of anilines is 2. The quantitative estimate of drug-likeness (QED) is 0.253. The van der Waals surface area contributed by atoms with Crippen LogP contribution in [0.2, 0.25) is 0 Å². The van der Waals surface area contributed by atoms with Gasteiger partial charge >= 0.3 is 23.9 Å². The molecule has 2 aromatic rings. The van der Waals surface area contributed by atoms with Gasteiger partial charge in [-0.25, -0.2) is 4.79 Å². The van der Waals surface area contributed by atoms with E-state index < -0.39 is 49.6 Å². The average molecular weight is 519 g/mol. The van der Waals surface area contributed by atoms with Gasteiger partial charge in [-0.05, 0) is 56.2 Å². The van der Waals surface area contributed by atoms with E-state index in [0.29, 0.717) is 0 Å². The molecule has 1 atom stereocenters. The van der Waals surface area contributed by atoms with Crippen LogP contribution in [-0.4, -0.2) is 83.2 Å². The van der Waals surface area contributed by atoms with E-state index in [1.54, 1.807) is 50.2 Å². The number of aryl methyl sites for hydroxylation is 2. The normalized spacial score (nSPS) is 11.3. The molecule has 12 nitrogen and oxygen atoms in total. The Kier molecular flexibility index (Phi) is 10.1. The number of benzene rings is 2. The van der Waals surface area contributed by atoms with Crippen LogP contribution in [-0.2, 0) is 19.2 Å². The van der Waals surface area contributed by atoms with E-state index in [1.807, 2.05) is 0 Å². The predicted octanol–water partition coefficient (Wildman–Crippen LogP) is 2.10. The maximum absolute atomic E-state index is 11.6. The van der Waals surface area contributed by atoms with Crippen molar-refractivity contribution in [1.82, 2.24) is 0 Å². The molecule has 0 aliphatic rings. The molecule has 0 radical (unpaired) electrons. The van der Waals surface area contributed by atoms with Crippen molar-refractivity contribution in [3.63, 3.8) is 0 Å². The van der Waals surface area contributed by atoms with Gasteiger partial charge < -0.3 is 39.7 Å². The first-order chi connectivity index (χ1) is 17.4. The summed E-state index contributed by atoms with van der Waals surface area (Å²) in [6.45, 7) is 3.27. The highest BCUT2D eigenvalue weighted by Gasteiger charge is 2.26. The molecular formula is C25H30N2O10. The van der Waals surface area contributed by atoms with Crippen molar-refractivity contribution in [2.45, 2.75) is 26.8 Å². The van der Waals surface area contributed by atoms with Gasteiger partial charge in [0.15, 0.2) is 0 Å². The molecule has 0 saturated heterocycles. The maximum Gasteiger partial charge on any atom is 0.326 e. The first kappa shape index (κ1) is 28.8. The third kappa shape index (κ3) is 8.60. The van der Waals surface area contributed by atoms with Crippen molar-refractivity contribution < 1.29 is 49.1 Å². The van der Waals surface area contributed by atoms with Crippen LogP contribution in [0.25, 0.3) is 0 Å². The van der Waals surface area contributed by atoms with Crippen molar-refractivity contribution in [2.75, 3.05) is 42.6 Å². The lowest BCUT2D eigenvalue weighted by Crippen LogP contribution is -2.42. The number of rotatable bonds is 15. The molecule has 0 bridgehead atoms. The second kappa shape index (κ2) is 13.0. The Bertz CT molecular complexity index is 1130. The number of ether oxygens (including phenoxy) is 2. The van der Waals surface area contributed by atoms with Gasteiger partial charge in [0.05, 0.1) is 11.4 Å². The van der Waals surface area contributed by atoms with Gasteiger partial charge in [0.1, 0.15) is 50.4 Å². The smallest absolute Gasteiger partial charge is 0.326 e. The summed E-state index contributed by atoms with van der Waals surface area (Å²) >= 11 is 0. The van der Waals surface area contributed by atoms with Crippen molar-refractivity contribution in [2.24, 2.45) is 0 Å². The highest BCUT2D eigenvalue weighted by molar-refractivity contribution is 5.83. The Hall–Kier alpha value is -4.48. The van der Waals surface area contributed by atoms with Crippen molar-refractivity contribution in [3.05, 3.63) is 47.5 Å². The maximum atomic E-state index is 11.6. The first-order valence-electron chi connectivity index (χ1n) is 11.3. The van der Waals surface area contributed by atoms with Crippen LogP contribution in [0.15, 0.2) is 36.4 Å².